The van der Waals surface area contributed by atoms with Gasteiger partial charge < -0.3 is 10.1 Å². The lowest BCUT2D eigenvalue weighted by molar-refractivity contribution is 0.0937. The molecule has 1 N–H and O–H groups in total. The minimum Gasteiger partial charge on any atom is -0.496 e. The highest BCUT2D eigenvalue weighted by atomic mass is 35.5. The first kappa shape index (κ1) is 20.4. The Bertz CT molecular complexity index is 1010. The van der Waals surface area contributed by atoms with E-state index in [4.69, 9.17) is 16.3 Å². The van der Waals surface area contributed by atoms with Gasteiger partial charge in [-0.1, -0.05) is 54.1 Å². The normalized spacial score (nSPS) is 16.4. The van der Waals surface area contributed by atoms with E-state index in [-0.39, 0.29) is 11.9 Å². The molecule has 1 fully saturated rings. The van der Waals surface area contributed by atoms with Crippen LogP contribution in [-0.4, -0.2) is 42.0 Å². The average molecular weight is 422 g/mol. The maximum atomic E-state index is 12.4. The average Bonchev–Trinajstić information content (AvgIpc) is 3.21. The predicted octanol–water partition coefficient (Wildman–Crippen LogP) is 4.41. The molecule has 0 spiro atoms. The van der Waals surface area contributed by atoms with E-state index in [2.05, 4.69) is 45.5 Å². The van der Waals surface area contributed by atoms with Crippen molar-refractivity contribution in [3.63, 3.8) is 0 Å². The summed E-state index contributed by atoms with van der Waals surface area (Å²) in [5.41, 5.74) is 4.01. The van der Waals surface area contributed by atoms with Crippen molar-refractivity contribution >= 4 is 17.5 Å². The van der Waals surface area contributed by atoms with Crippen LogP contribution < -0.4 is 10.1 Å². The molecule has 6 heteroatoms. The fourth-order valence-electron chi connectivity index (χ4n) is 3.80. The van der Waals surface area contributed by atoms with Crippen LogP contribution in [0.15, 0.2) is 66.9 Å². The van der Waals surface area contributed by atoms with Crippen molar-refractivity contribution in [3.8, 4) is 16.9 Å². The molecule has 5 nitrogen and oxygen atoms in total. The van der Waals surface area contributed by atoms with Crippen LogP contribution >= 0.6 is 11.6 Å². The largest absolute Gasteiger partial charge is 0.496 e. The van der Waals surface area contributed by atoms with Gasteiger partial charge in [-0.15, -0.1) is 0 Å². The number of aromatic nitrogens is 1. The van der Waals surface area contributed by atoms with Gasteiger partial charge in [0.1, 0.15) is 10.9 Å². The molecule has 0 saturated carbocycles. The SMILES string of the molecule is COc1ccccc1-c1ccc(CN2CCC(NC(=O)c3ccc(Cl)nc3)C2)cc1. The number of halogens is 1. The number of nitrogens with one attached hydrogen (secondary N) is 1. The summed E-state index contributed by atoms with van der Waals surface area (Å²) >= 11 is 5.79. The number of carbonyl (C=O) groups is 1. The molecule has 0 radical (unpaired) electrons. The number of para-hydroxylation sites is 1. The second kappa shape index (κ2) is 9.28. The van der Waals surface area contributed by atoms with E-state index in [9.17, 15) is 4.79 Å². The highest BCUT2D eigenvalue weighted by Crippen LogP contribution is 2.29. The predicted molar refractivity (Wildman–Crippen MR) is 119 cm³/mol. The summed E-state index contributed by atoms with van der Waals surface area (Å²) in [5.74, 6) is 0.770. The van der Waals surface area contributed by atoms with Crippen molar-refractivity contribution in [2.75, 3.05) is 20.2 Å². The summed E-state index contributed by atoms with van der Waals surface area (Å²) in [6.45, 7) is 2.65. The maximum absolute atomic E-state index is 12.4. The van der Waals surface area contributed by atoms with E-state index in [1.807, 2.05) is 18.2 Å². The number of methoxy groups -OCH3 is 1. The Balaban J connectivity index is 1.33. The number of pyridine rings is 1. The molecule has 1 atom stereocenters. The van der Waals surface area contributed by atoms with Gasteiger partial charge in [-0.2, -0.15) is 0 Å². The summed E-state index contributed by atoms with van der Waals surface area (Å²) in [4.78, 5) is 18.7. The monoisotopic (exact) mass is 421 g/mol. The van der Waals surface area contributed by atoms with Crippen molar-refractivity contribution in [2.24, 2.45) is 0 Å². The summed E-state index contributed by atoms with van der Waals surface area (Å²) < 4.78 is 5.47. The summed E-state index contributed by atoms with van der Waals surface area (Å²) in [6.07, 6.45) is 2.44. The molecule has 30 heavy (non-hydrogen) atoms. The molecule has 2 aromatic carbocycles. The zero-order valence-electron chi connectivity index (χ0n) is 16.8. The van der Waals surface area contributed by atoms with Crippen LogP contribution in [0.1, 0.15) is 22.3 Å². The third-order valence-corrected chi connectivity index (χ3v) is 5.60. The molecule has 1 aliphatic heterocycles. The fourth-order valence-corrected chi connectivity index (χ4v) is 3.92. The van der Waals surface area contributed by atoms with Crippen molar-refractivity contribution in [1.29, 1.82) is 0 Å². The molecule has 3 aromatic rings. The lowest BCUT2D eigenvalue weighted by Crippen LogP contribution is -2.37. The van der Waals surface area contributed by atoms with Crippen LogP contribution in [0.4, 0.5) is 0 Å². The van der Waals surface area contributed by atoms with E-state index in [1.54, 1.807) is 19.2 Å². The highest BCUT2D eigenvalue weighted by Gasteiger charge is 2.24. The third-order valence-electron chi connectivity index (χ3n) is 5.38. The van der Waals surface area contributed by atoms with Gasteiger partial charge in [-0.25, -0.2) is 4.98 Å². The summed E-state index contributed by atoms with van der Waals surface area (Å²) in [5, 5.41) is 3.48. The zero-order valence-corrected chi connectivity index (χ0v) is 17.6. The Morgan fingerprint density at radius 2 is 1.97 bits per heavy atom. The van der Waals surface area contributed by atoms with Gasteiger partial charge in [0.15, 0.2) is 0 Å². The quantitative estimate of drug-likeness (QED) is 0.599. The second-order valence-electron chi connectivity index (χ2n) is 7.46. The molecule has 4 rings (SSSR count). The van der Waals surface area contributed by atoms with Crippen molar-refractivity contribution in [2.45, 2.75) is 19.0 Å². The number of nitrogens with zero attached hydrogens (tertiary/aromatic N) is 2. The van der Waals surface area contributed by atoms with Gasteiger partial charge in [-0.05, 0) is 35.7 Å². The lowest BCUT2D eigenvalue weighted by atomic mass is 10.0. The first-order valence-corrected chi connectivity index (χ1v) is 10.4. The Labute approximate surface area is 181 Å². The van der Waals surface area contributed by atoms with E-state index in [0.29, 0.717) is 10.7 Å². The standard InChI is InChI=1S/C24H24ClN3O2/c1-30-22-5-3-2-4-21(22)18-8-6-17(7-9-18)15-28-13-12-20(16-28)27-24(29)19-10-11-23(25)26-14-19/h2-11,14,20H,12-13,15-16H2,1H3,(H,27,29). The van der Waals surface area contributed by atoms with Crippen LogP contribution in [0.25, 0.3) is 11.1 Å². The van der Waals surface area contributed by atoms with Crippen molar-refractivity contribution in [3.05, 3.63) is 83.1 Å². The summed E-state index contributed by atoms with van der Waals surface area (Å²) in [7, 11) is 1.69. The van der Waals surface area contributed by atoms with Gasteiger partial charge in [0.05, 0.1) is 12.7 Å². The summed E-state index contributed by atoms with van der Waals surface area (Å²) in [6, 6.07) is 20.1. The van der Waals surface area contributed by atoms with Gasteiger partial charge >= 0.3 is 0 Å². The number of hydrogen-bond acceptors (Lipinski definition) is 4. The van der Waals surface area contributed by atoms with E-state index >= 15 is 0 Å². The fraction of sp³-hybridized carbons (Fsp3) is 0.250. The van der Waals surface area contributed by atoms with Crippen LogP contribution in [0.5, 0.6) is 5.75 Å². The Morgan fingerprint density at radius 1 is 1.17 bits per heavy atom. The molecule has 1 saturated heterocycles. The Morgan fingerprint density at radius 3 is 2.70 bits per heavy atom. The molecule has 0 aliphatic carbocycles. The number of ether oxygens (including phenoxy) is 1. The van der Waals surface area contributed by atoms with Gasteiger partial charge in [-0.3, -0.25) is 9.69 Å². The van der Waals surface area contributed by atoms with Crippen LogP contribution in [0, 0.1) is 0 Å². The molecule has 154 valence electrons. The number of likely N-dealkylation sites (tertiary alicyclic amines) is 1. The molecule has 1 aliphatic rings. The van der Waals surface area contributed by atoms with Gasteiger partial charge in [0.2, 0.25) is 0 Å². The van der Waals surface area contributed by atoms with Crippen LogP contribution in [0.3, 0.4) is 0 Å². The molecule has 0 bridgehead atoms. The van der Waals surface area contributed by atoms with Gasteiger partial charge in [0.25, 0.3) is 5.91 Å². The minimum atomic E-state index is -0.104. The zero-order chi connectivity index (χ0) is 20.9. The number of rotatable bonds is 6. The van der Waals surface area contributed by atoms with E-state index < -0.39 is 0 Å². The molecular weight excluding hydrogens is 398 g/mol. The molecule has 1 aromatic heterocycles. The number of amides is 1. The molecule has 2 heterocycles. The Hall–Kier alpha value is -2.89. The molecular formula is C24H24ClN3O2. The smallest absolute Gasteiger partial charge is 0.253 e. The number of carbonyl (C=O) groups excluding carboxylic acids is 1. The lowest BCUT2D eigenvalue weighted by Gasteiger charge is -2.17. The first-order valence-electron chi connectivity index (χ1n) is 9.99. The van der Waals surface area contributed by atoms with E-state index in [0.717, 1.165) is 42.9 Å². The van der Waals surface area contributed by atoms with E-state index in [1.165, 1.54) is 11.8 Å². The van der Waals surface area contributed by atoms with Crippen LogP contribution in [-0.2, 0) is 6.54 Å². The van der Waals surface area contributed by atoms with Crippen molar-refractivity contribution in [1.82, 2.24) is 15.2 Å². The maximum Gasteiger partial charge on any atom is 0.253 e. The number of benzene rings is 2. The van der Waals surface area contributed by atoms with Crippen molar-refractivity contribution < 1.29 is 9.53 Å². The minimum absolute atomic E-state index is 0.104. The molecule has 1 unspecified atom stereocenters. The number of hydrogen-bond donors (Lipinski definition) is 1. The first-order chi connectivity index (χ1) is 14.6. The topological polar surface area (TPSA) is 54.5 Å². The third kappa shape index (κ3) is 4.81. The van der Waals surface area contributed by atoms with Crippen LogP contribution in [0.2, 0.25) is 5.15 Å². The Kier molecular flexibility index (Phi) is 6.31. The van der Waals surface area contributed by atoms with Gasteiger partial charge in [0, 0.05) is 37.4 Å². The highest BCUT2D eigenvalue weighted by molar-refractivity contribution is 6.29. The molecule has 1 amide bonds. The second-order valence-corrected chi connectivity index (χ2v) is 7.85.